The van der Waals surface area contributed by atoms with E-state index in [4.69, 9.17) is 23.8 Å². The average Bonchev–Trinajstić information content (AvgIpc) is 2.93. The molecule has 0 saturated carbocycles. The summed E-state index contributed by atoms with van der Waals surface area (Å²) in [5.41, 5.74) is 0.376. The minimum Gasteiger partial charge on any atom is -0.493 e. The Morgan fingerprint density at radius 1 is 1.45 bits per heavy atom. The molecule has 1 aromatic heterocycles. The van der Waals surface area contributed by atoms with Gasteiger partial charge in [-0.3, -0.25) is 9.36 Å². The zero-order valence-corrected chi connectivity index (χ0v) is 14.2. The van der Waals surface area contributed by atoms with Crippen LogP contribution in [0.2, 0.25) is 5.02 Å². The highest BCUT2D eigenvalue weighted by Gasteiger charge is 2.25. The van der Waals surface area contributed by atoms with E-state index in [0.29, 0.717) is 36.5 Å². The van der Waals surface area contributed by atoms with E-state index in [1.54, 1.807) is 22.8 Å². The maximum Gasteiger partial charge on any atom is 0.279 e. The van der Waals surface area contributed by atoms with Crippen LogP contribution in [0, 0.1) is 3.95 Å². The van der Waals surface area contributed by atoms with Crippen LogP contribution in [-0.2, 0) is 11.3 Å². The van der Waals surface area contributed by atoms with Gasteiger partial charge in [-0.05, 0) is 36.8 Å². The van der Waals surface area contributed by atoms with Crippen molar-refractivity contribution in [3.63, 3.8) is 0 Å². The Kier molecular flexibility index (Phi) is 4.16. The van der Waals surface area contributed by atoms with Crippen LogP contribution in [0.4, 0.5) is 0 Å². The summed E-state index contributed by atoms with van der Waals surface area (Å²) < 4.78 is 2.22. The third-order valence-corrected chi connectivity index (χ3v) is 5.19. The number of hydrogen-bond acceptors (Lipinski definition) is 4. The minimum absolute atomic E-state index is 0.0369. The summed E-state index contributed by atoms with van der Waals surface area (Å²) in [6.45, 7) is 2.71. The topological polar surface area (TPSA) is 54.6 Å². The van der Waals surface area contributed by atoms with Gasteiger partial charge in [0, 0.05) is 16.8 Å². The number of carbonyl (C=O) groups is 1. The van der Waals surface area contributed by atoms with Crippen molar-refractivity contribution in [2.45, 2.75) is 26.3 Å². The van der Waals surface area contributed by atoms with E-state index in [2.05, 4.69) is 11.9 Å². The number of thiazole rings is 1. The van der Waals surface area contributed by atoms with Crippen LogP contribution >= 0.6 is 35.2 Å². The van der Waals surface area contributed by atoms with Crippen molar-refractivity contribution >= 4 is 46.6 Å². The van der Waals surface area contributed by atoms with Crippen molar-refractivity contribution in [1.29, 1.82) is 0 Å². The van der Waals surface area contributed by atoms with Crippen molar-refractivity contribution in [2.24, 2.45) is 4.99 Å². The minimum atomic E-state index is -0.369. The smallest absolute Gasteiger partial charge is 0.279 e. The maximum atomic E-state index is 12.2. The lowest BCUT2D eigenvalue weighted by molar-refractivity contribution is -0.112. The second-order valence-corrected chi connectivity index (χ2v) is 7.06. The zero-order chi connectivity index (χ0) is 15.9. The van der Waals surface area contributed by atoms with Gasteiger partial charge in [-0.1, -0.05) is 24.9 Å². The predicted molar refractivity (Wildman–Crippen MR) is 89.5 cm³/mol. The molecule has 1 aliphatic heterocycles. The molecule has 0 bridgehead atoms. The summed E-state index contributed by atoms with van der Waals surface area (Å²) >= 11 is 12.6. The van der Waals surface area contributed by atoms with Gasteiger partial charge in [0.15, 0.2) is 3.95 Å². The fourth-order valence-electron chi connectivity index (χ4n) is 2.38. The number of amides is 1. The van der Waals surface area contributed by atoms with Crippen molar-refractivity contribution < 1.29 is 9.90 Å². The number of hydrogen-bond donors (Lipinski definition) is 1. The van der Waals surface area contributed by atoms with Gasteiger partial charge in [-0.15, -0.1) is 11.3 Å². The molecule has 0 unspecified atom stereocenters. The normalized spacial score (nSPS) is 13.4. The third-order valence-electron chi connectivity index (χ3n) is 3.49. The van der Waals surface area contributed by atoms with Gasteiger partial charge in [-0.2, -0.15) is 0 Å². The lowest BCUT2D eigenvalue weighted by atomic mass is 10.1. The van der Waals surface area contributed by atoms with Crippen LogP contribution in [-0.4, -0.2) is 15.6 Å². The molecule has 7 heteroatoms. The van der Waals surface area contributed by atoms with E-state index in [-0.39, 0.29) is 11.8 Å². The van der Waals surface area contributed by atoms with Gasteiger partial charge < -0.3 is 5.11 Å². The van der Waals surface area contributed by atoms with E-state index in [1.165, 1.54) is 11.3 Å². The first kappa shape index (κ1) is 15.4. The fourth-order valence-corrected chi connectivity index (χ4v) is 3.94. The van der Waals surface area contributed by atoms with Crippen molar-refractivity contribution in [3.8, 4) is 5.88 Å². The molecular weight excluding hydrogens is 340 g/mol. The highest BCUT2D eigenvalue weighted by molar-refractivity contribution is 7.73. The fraction of sp³-hybridized carbons (Fsp3) is 0.267. The average molecular weight is 353 g/mol. The van der Waals surface area contributed by atoms with Crippen molar-refractivity contribution in [3.05, 3.63) is 42.6 Å². The number of aromatic hydroxyl groups is 1. The summed E-state index contributed by atoms with van der Waals surface area (Å²) in [4.78, 5) is 16.7. The highest BCUT2D eigenvalue weighted by atomic mass is 35.5. The van der Waals surface area contributed by atoms with Gasteiger partial charge in [0.2, 0.25) is 5.88 Å². The first-order valence-corrected chi connectivity index (χ1v) is 8.49. The maximum absolute atomic E-state index is 12.2. The first-order chi connectivity index (χ1) is 10.5. The number of benzene rings is 1. The summed E-state index contributed by atoms with van der Waals surface area (Å²) in [7, 11) is 0. The molecular formula is C15H13ClN2O2S2. The van der Waals surface area contributed by atoms with Crippen LogP contribution in [0.25, 0.3) is 5.57 Å². The Morgan fingerprint density at radius 3 is 2.95 bits per heavy atom. The monoisotopic (exact) mass is 352 g/mol. The van der Waals surface area contributed by atoms with Crippen LogP contribution in [0.15, 0.2) is 23.2 Å². The summed E-state index contributed by atoms with van der Waals surface area (Å²) in [5.74, 6) is -0.332. The van der Waals surface area contributed by atoms with Crippen molar-refractivity contribution in [1.82, 2.24) is 4.57 Å². The number of rotatable bonds is 4. The predicted octanol–water partition coefficient (Wildman–Crippen LogP) is 2.80. The Bertz CT molecular complexity index is 943. The number of carbonyl (C=O) groups excluding carboxylic acids is 1. The molecule has 1 amide bonds. The summed E-state index contributed by atoms with van der Waals surface area (Å²) in [5, 5.41) is 12.2. The Balaban J connectivity index is 2.24. The van der Waals surface area contributed by atoms with Crippen LogP contribution in [0.3, 0.4) is 0 Å². The number of halogens is 1. The van der Waals surface area contributed by atoms with Crippen molar-refractivity contribution in [2.75, 3.05) is 0 Å². The molecule has 0 aliphatic carbocycles. The Hall–Kier alpha value is -1.50. The molecule has 0 radical (unpaired) electrons. The highest BCUT2D eigenvalue weighted by Crippen LogP contribution is 2.32. The SMILES string of the molecule is CCCCn1c(O)c(C2=c3cc(Cl)ccc3=NC2=O)sc1=S. The number of unbranched alkanes of at least 4 members (excludes halogenated alkanes) is 1. The molecule has 1 N–H and O–H groups in total. The molecule has 0 saturated heterocycles. The summed E-state index contributed by atoms with van der Waals surface area (Å²) in [6, 6.07) is 5.08. The van der Waals surface area contributed by atoms with Crippen LogP contribution < -0.4 is 10.6 Å². The van der Waals surface area contributed by atoms with E-state index in [0.717, 1.165) is 12.8 Å². The van der Waals surface area contributed by atoms with Gasteiger partial charge in [0.05, 0.1) is 10.9 Å². The molecule has 0 spiro atoms. The third kappa shape index (κ3) is 2.51. The molecule has 22 heavy (non-hydrogen) atoms. The lowest BCUT2D eigenvalue weighted by Gasteiger charge is -2.04. The molecule has 4 nitrogen and oxygen atoms in total. The first-order valence-electron chi connectivity index (χ1n) is 6.88. The van der Waals surface area contributed by atoms with E-state index in [9.17, 15) is 9.90 Å². The Morgan fingerprint density at radius 2 is 2.23 bits per heavy atom. The van der Waals surface area contributed by atoms with E-state index in [1.807, 2.05) is 0 Å². The van der Waals surface area contributed by atoms with E-state index >= 15 is 0 Å². The molecule has 2 aromatic rings. The molecule has 1 aliphatic rings. The molecule has 3 rings (SSSR count). The van der Waals surface area contributed by atoms with Gasteiger partial charge >= 0.3 is 0 Å². The second-order valence-electron chi connectivity index (χ2n) is 4.98. The number of nitrogens with zero attached hydrogens (tertiary/aromatic N) is 2. The van der Waals surface area contributed by atoms with Crippen LogP contribution in [0.1, 0.15) is 24.6 Å². The Labute approximate surface area is 141 Å². The lowest BCUT2D eigenvalue weighted by Crippen LogP contribution is -2.22. The van der Waals surface area contributed by atoms with Crippen LogP contribution in [0.5, 0.6) is 5.88 Å². The molecule has 0 atom stereocenters. The molecule has 2 heterocycles. The van der Waals surface area contributed by atoms with Gasteiger partial charge in [0.25, 0.3) is 5.91 Å². The van der Waals surface area contributed by atoms with Gasteiger partial charge in [0.1, 0.15) is 4.88 Å². The van der Waals surface area contributed by atoms with E-state index < -0.39 is 0 Å². The number of aromatic nitrogens is 1. The zero-order valence-electron chi connectivity index (χ0n) is 11.8. The number of fused-ring (bicyclic) bond motifs is 1. The molecule has 0 fully saturated rings. The quantitative estimate of drug-likeness (QED) is 0.861. The second kappa shape index (κ2) is 5.95. The largest absolute Gasteiger partial charge is 0.493 e. The molecule has 114 valence electrons. The van der Waals surface area contributed by atoms with Gasteiger partial charge in [-0.25, -0.2) is 4.99 Å². The summed E-state index contributed by atoms with van der Waals surface area (Å²) in [6.07, 6.45) is 1.91. The molecule has 1 aromatic carbocycles. The standard InChI is InChI=1S/C15H13ClN2O2S2/c1-2-3-6-18-14(20)12(22-15(18)21)11-9-7-8(16)4-5-10(9)17-13(11)19/h4-5,7,20H,2-3,6H2,1H3.